The number of carboxylic acids is 1. The normalized spacial score (nSPS) is 20.3. The Hall–Kier alpha value is -2.08. The maximum absolute atomic E-state index is 12.7. The predicted octanol–water partition coefficient (Wildman–Crippen LogP) is 3.02. The van der Waals surface area contributed by atoms with Crippen molar-refractivity contribution in [1.29, 1.82) is 0 Å². The lowest BCUT2D eigenvalue weighted by Crippen LogP contribution is -2.56. The summed E-state index contributed by atoms with van der Waals surface area (Å²) in [5.41, 5.74) is 0.948. The lowest BCUT2D eigenvalue weighted by Gasteiger charge is -2.41. The zero-order valence-corrected chi connectivity index (χ0v) is 15.0. The van der Waals surface area contributed by atoms with Crippen molar-refractivity contribution < 1.29 is 19.4 Å². The third kappa shape index (κ3) is 5.74. The highest BCUT2D eigenvalue weighted by atomic mass is 16.6. The maximum Gasteiger partial charge on any atom is 0.410 e. The first kappa shape index (κ1) is 19.2. The van der Waals surface area contributed by atoms with Crippen LogP contribution in [0.2, 0.25) is 0 Å². The molecular weight excluding hydrogens is 320 g/mol. The molecule has 0 unspecified atom stereocenters. The van der Waals surface area contributed by atoms with Crippen LogP contribution in [0.4, 0.5) is 4.79 Å². The summed E-state index contributed by atoms with van der Waals surface area (Å²) < 4.78 is 5.52. The monoisotopic (exact) mass is 348 g/mol. The predicted molar refractivity (Wildman–Crippen MR) is 95.3 cm³/mol. The van der Waals surface area contributed by atoms with E-state index in [1.54, 1.807) is 4.90 Å². The first-order valence-electron chi connectivity index (χ1n) is 8.93. The van der Waals surface area contributed by atoms with Crippen molar-refractivity contribution in [3.05, 3.63) is 35.9 Å². The number of carboxylic acid groups (broad SMARTS) is 1. The van der Waals surface area contributed by atoms with Crippen LogP contribution in [0, 0.1) is 0 Å². The van der Waals surface area contributed by atoms with E-state index in [-0.39, 0.29) is 37.4 Å². The van der Waals surface area contributed by atoms with Gasteiger partial charge in [0.05, 0.1) is 12.6 Å². The van der Waals surface area contributed by atoms with Crippen LogP contribution in [0.3, 0.4) is 0 Å². The van der Waals surface area contributed by atoms with Gasteiger partial charge in [0, 0.05) is 12.1 Å². The van der Waals surface area contributed by atoms with Gasteiger partial charge in [-0.1, -0.05) is 43.2 Å². The number of benzene rings is 1. The zero-order valence-electron chi connectivity index (χ0n) is 15.0. The molecule has 2 atom stereocenters. The van der Waals surface area contributed by atoms with E-state index < -0.39 is 5.97 Å². The molecule has 1 aliphatic carbocycles. The Morgan fingerprint density at radius 1 is 1.24 bits per heavy atom. The van der Waals surface area contributed by atoms with Gasteiger partial charge in [-0.2, -0.15) is 0 Å². The first-order chi connectivity index (χ1) is 12.0. The van der Waals surface area contributed by atoms with Gasteiger partial charge < -0.3 is 20.1 Å². The van der Waals surface area contributed by atoms with E-state index in [4.69, 9.17) is 9.84 Å². The highest BCUT2D eigenvalue weighted by Gasteiger charge is 2.35. The molecule has 1 fully saturated rings. The Morgan fingerprint density at radius 2 is 1.92 bits per heavy atom. The molecule has 2 rings (SSSR count). The Balaban J connectivity index is 2.03. The van der Waals surface area contributed by atoms with E-state index in [0.717, 1.165) is 31.2 Å². The largest absolute Gasteiger partial charge is 0.480 e. The second-order valence-corrected chi connectivity index (χ2v) is 6.77. The van der Waals surface area contributed by atoms with E-state index in [0.29, 0.717) is 0 Å². The molecule has 0 saturated heterocycles. The van der Waals surface area contributed by atoms with E-state index in [1.807, 2.05) is 44.2 Å². The zero-order chi connectivity index (χ0) is 18.2. The molecule has 0 spiro atoms. The number of nitrogens with one attached hydrogen (secondary N) is 1. The van der Waals surface area contributed by atoms with Crippen LogP contribution < -0.4 is 5.32 Å². The van der Waals surface area contributed by atoms with Gasteiger partial charge in [-0.05, 0) is 32.3 Å². The van der Waals surface area contributed by atoms with Crippen LogP contribution in [-0.4, -0.2) is 46.7 Å². The number of amides is 1. The summed E-state index contributed by atoms with van der Waals surface area (Å²) in [7, 11) is 0. The van der Waals surface area contributed by atoms with E-state index in [9.17, 15) is 9.59 Å². The maximum atomic E-state index is 12.7. The third-order valence-corrected chi connectivity index (χ3v) is 4.57. The molecule has 1 aromatic rings. The SMILES string of the molecule is CC(C)N(C(=O)OCc1ccccc1)[C@@H]1CCCC[C@@H]1NCC(=O)O. The molecule has 1 saturated carbocycles. The Morgan fingerprint density at radius 3 is 2.56 bits per heavy atom. The van der Waals surface area contributed by atoms with Gasteiger partial charge in [-0.25, -0.2) is 4.79 Å². The van der Waals surface area contributed by atoms with Gasteiger partial charge in [-0.15, -0.1) is 0 Å². The molecule has 0 aliphatic heterocycles. The summed E-state index contributed by atoms with van der Waals surface area (Å²) in [6, 6.07) is 9.52. The quantitative estimate of drug-likeness (QED) is 0.792. The number of hydrogen-bond donors (Lipinski definition) is 2. The minimum Gasteiger partial charge on any atom is -0.480 e. The summed E-state index contributed by atoms with van der Waals surface area (Å²) in [6.07, 6.45) is 3.46. The van der Waals surface area contributed by atoms with Crippen LogP contribution in [-0.2, 0) is 16.1 Å². The summed E-state index contributed by atoms with van der Waals surface area (Å²) in [6.45, 7) is 4.08. The smallest absolute Gasteiger partial charge is 0.410 e. The molecule has 0 bridgehead atoms. The molecule has 0 radical (unpaired) electrons. The molecule has 2 N–H and O–H groups in total. The lowest BCUT2D eigenvalue weighted by molar-refractivity contribution is -0.136. The van der Waals surface area contributed by atoms with Gasteiger partial charge in [0.15, 0.2) is 0 Å². The van der Waals surface area contributed by atoms with Crippen molar-refractivity contribution >= 4 is 12.1 Å². The van der Waals surface area contributed by atoms with Crippen LogP contribution in [0.15, 0.2) is 30.3 Å². The fourth-order valence-electron chi connectivity index (χ4n) is 3.42. The van der Waals surface area contributed by atoms with Gasteiger partial charge in [0.1, 0.15) is 6.61 Å². The molecule has 138 valence electrons. The minimum atomic E-state index is -0.882. The second kappa shape index (κ2) is 9.42. The molecule has 6 heteroatoms. The van der Waals surface area contributed by atoms with Gasteiger partial charge >= 0.3 is 12.1 Å². The van der Waals surface area contributed by atoms with Crippen molar-refractivity contribution in [2.75, 3.05) is 6.54 Å². The molecule has 25 heavy (non-hydrogen) atoms. The van der Waals surface area contributed by atoms with Crippen molar-refractivity contribution in [2.45, 2.75) is 64.3 Å². The van der Waals surface area contributed by atoms with Crippen LogP contribution in [0.1, 0.15) is 45.1 Å². The number of hydrogen-bond acceptors (Lipinski definition) is 4. The van der Waals surface area contributed by atoms with Crippen molar-refractivity contribution in [3.8, 4) is 0 Å². The summed E-state index contributed by atoms with van der Waals surface area (Å²) in [5.74, 6) is -0.882. The average Bonchev–Trinajstić information content (AvgIpc) is 2.60. The minimum absolute atomic E-state index is 0.0134. The first-order valence-corrected chi connectivity index (χ1v) is 8.93. The fourth-order valence-corrected chi connectivity index (χ4v) is 3.42. The standard InChI is InChI=1S/C19H28N2O4/c1-14(2)21(19(24)25-13-15-8-4-3-5-9-15)17-11-7-6-10-16(17)20-12-18(22)23/h3-5,8-9,14,16-17,20H,6-7,10-13H2,1-2H3,(H,22,23)/t16-,17+/m0/s1. The summed E-state index contributed by atoms with van der Waals surface area (Å²) in [4.78, 5) is 25.3. The van der Waals surface area contributed by atoms with E-state index in [2.05, 4.69) is 5.32 Å². The van der Waals surface area contributed by atoms with Crippen LogP contribution in [0.5, 0.6) is 0 Å². The highest BCUT2D eigenvalue weighted by Crippen LogP contribution is 2.26. The van der Waals surface area contributed by atoms with Gasteiger partial charge in [0.25, 0.3) is 0 Å². The molecule has 6 nitrogen and oxygen atoms in total. The van der Waals surface area contributed by atoms with Crippen LogP contribution >= 0.6 is 0 Å². The molecule has 1 aliphatic rings. The number of rotatable bonds is 7. The lowest BCUT2D eigenvalue weighted by atomic mass is 9.88. The number of carbonyl (C=O) groups is 2. The van der Waals surface area contributed by atoms with Gasteiger partial charge in [0.2, 0.25) is 0 Å². The third-order valence-electron chi connectivity index (χ3n) is 4.57. The van der Waals surface area contributed by atoms with Crippen molar-refractivity contribution in [2.24, 2.45) is 0 Å². The second-order valence-electron chi connectivity index (χ2n) is 6.77. The topological polar surface area (TPSA) is 78.9 Å². The molecule has 1 aromatic carbocycles. The molecule has 1 amide bonds. The fraction of sp³-hybridized carbons (Fsp3) is 0.579. The summed E-state index contributed by atoms with van der Waals surface area (Å²) >= 11 is 0. The molecule has 0 aromatic heterocycles. The van der Waals surface area contributed by atoms with Crippen LogP contribution in [0.25, 0.3) is 0 Å². The van der Waals surface area contributed by atoms with Crippen molar-refractivity contribution in [1.82, 2.24) is 10.2 Å². The number of carbonyl (C=O) groups excluding carboxylic acids is 1. The number of aliphatic carboxylic acids is 1. The highest BCUT2D eigenvalue weighted by molar-refractivity contribution is 5.69. The molecular formula is C19H28N2O4. The van der Waals surface area contributed by atoms with Gasteiger partial charge in [-0.3, -0.25) is 4.79 Å². The Bertz CT molecular complexity index is 562. The average molecular weight is 348 g/mol. The van der Waals surface area contributed by atoms with Crippen molar-refractivity contribution in [3.63, 3.8) is 0 Å². The molecule has 0 heterocycles. The summed E-state index contributed by atoms with van der Waals surface area (Å²) in [5, 5.41) is 12.0. The Labute approximate surface area is 149 Å². The number of ether oxygens (including phenoxy) is 1. The van der Waals surface area contributed by atoms with E-state index >= 15 is 0 Å². The number of nitrogens with zero attached hydrogens (tertiary/aromatic N) is 1. The van der Waals surface area contributed by atoms with E-state index in [1.165, 1.54) is 0 Å². The Kier molecular flexibility index (Phi) is 7.25.